The number of ether oxygens (including phenoxy) is 1. The zero-order valence-electron chi connectivity index (χ0n) is 9.89. The van der Waals surface area contributed by atoms with Crippen LogP contribution >= 0.6 is 0 Å². The van der Waals surface area contributed by atoms with Crippen molar-refractivity contribution in [3.05, 3.63) is 12.2 Å². The fourth-order valence-electron chi connectivity index (χ4n) is 2.27. The van der Waals surface area contributed by atoms with Crippen LogP contribution in [0.3, 0.4) is 0 Å². The first-order valence-corrected chi connectivity index (χ1v) is 5.82. The van der Waals surface area contributed by atoms with Gasteiger partial charge in [0, 0.05) is 20.1 Å². The van der Waals surface area contributed by atoms with Crippen LogP contribution in [-0.4, -0.2) is 38.7 Å². The van der Waals surface area contributed by atoms with Gasteiger partial charge in [-0.3, -0.25) is 4.68 Å². The third-order valence-electron chi connectivity index (χ3n) is 3.58. The Kier molecular flexibility index (Phi) is 3.25. The lowest BCUT2D eigenvalue weighted by molar-refractivity contribution is -0.149. The van der Waals surface area contributed by atoms with Gasteiger partial charge in [-0.05, 0) is 26.2 Å². The van der Waals surface area contributed by atoms with E-state index in [0.717, 1.165) is 31.6 Å². The minimum Gasteiger partial charge on any atom is -0.390 e. The number of aliphatic hydroxyl groups excluding tert-OH is 1. The molecule has 1 heterocycles. The molecule has 2 rings (SSSR count). The summed E-state index contributed by atoms with van der Waals surface area (Å²) in [6.45, 7) is 2.79. The lowest BCUT2D eigenvalue weighted by Gasteiger charge is -2.44. The van der Waals surface area contributed by atoms with E-state index in [4.69, 9.17) is 4.74 Å². The number of hydrogen-bond acceptors (Lipinski definition) is 4. The Balaban J connectivity index is 2.04. The third-order valence-corrected chi connectivity index (χ3v) is 3.58. The van der Waals surface area contributed by atoms with Crippen LogP contribution in [-0.2, 0) is 17.7 Å². The van der Waals surface area contributed by atoms with Crippen LogP contribution in [0.2, 0.25) is 0 Å². The van der Waals surface area contributed by atoms with Gasteiger partial charge >= 0.3 is 0 Å². The second-order valence-corrected chi connectivity index (χ2v) is 4.33. The molecule has 0 bridgehead atoms. The molecule has 0 aliphatic heterocycles. The first kappa shape index (κ1) is 11.5. The Labute approximate surface area is 95.4 Å². The summed E-state index contributed by atoms with van der Waals surface area (Å²) in [5.74, 6) is 0.832. The van der Waals surface area contributed by atoms with Crippen LogP contribution in [0.1, 0.15) is 32.0 Å². The first-order valence-electron chi connectivity index (χ1n) is 5.82. The van der Waals surface area contributed by atoms with Gasteiger partial charge in [0.2, 0.25) is 0 Å². The molecule has 5 heteroatoms. The van der Waals surface area contributed by atoms with Crippen LogP contribution in [0.5, 0.6) is 0 Å². The van der Waals surface area contributed by atoms with Crippen molar-refractivity contribution in [1.29, 1.82) is 0 Å². The summed E-state index contributed by atoms with van der Waals surface area (Å²) in [5.41, 5.74) is -0.343. The molecule has 1 aliphatic carbocycles. The summed E-state index contributed by atoms with van der Waals surface area (Å²) in [6.07, 6.45) is 4.56. The number of rotatable bonds is 5. The van der Waals surface area contributed by atoms with Crippen molar-refractivity contribution in [2.45, 2.75) is 50.9 Å². The minimum absolute atomic E-state index is 0.343. The van der Waals surface area contributed by atoms with Crippen LogP contribution in [0.15, 0.2) is 6.33 Å². The first-order chi connectivity index (χ1) is 7.72. The van der Waals surface area contributed by atoms with Crippen LogP contribution in [0.4, 0.5) is 0 Å². The number of aromatic nitrogens is 3. The van der Waals surface area contributed by atoms with Crippen molar-refractivity contribution >= 4 is 0 Å². The van der Waals surface area contributed by atoms with Crippen LogP contribution < -0.4 is 0 Å². The highest BCUT2D eigenvalue weighted by atomic mass is 16.5. The zero-order chi connectivity index (χ0) is 11.6. The Morgan fingerprint density at radius 2 is 2.38 bits per heavy atom. The quantitative estimate of drug-likeness (QED) is 0.804. The molecule has 1 aromatic rings. The predicted octanol–water partition coefficient (Wildman–Crippen LogP) is 0.770. The molecule has 1 aliphatic rings. The summed E-state index contributed by atoms with van der Waals surface area (Å²) < 4.78 is 7.26. The normalized spacial score (nSPS) is 20.4. The number of aryl methyl sites for hydroxylation is 1. The molecule has 1 atom stereocenters. The molecule has 0 radical (unpaired) electrons. The fraction of sp³-hybridized carbons (Fsp3) is 0.818. The molecular formula is C11H19N3O2. The van der Waals surface area contributed by atoms with Gasteiger partial charge in [0.25, 0.3) is 0 Å². The van der Waals surface area contributed by atoms with E-state index in [9.17, 15) is 5.11 Å². The Morgan fingerprint density at radius 3 is 2.88 bits per heavy atom. The summed E-state index contributed by atoms with van der Waals surface area (Å²) in [6, 6.07) is 0. The van der Waals surface area contributed by atoms with Gasteiger partial charge < -0.3 is 9.84 Å². The van der Waals surface area contributed by atoms with E-state index in [0.29, 0.717) is 6.42 Å². The number of aliphatic hydroxyl groups is 1. The maximum Gasteiger partial charge on any atom is 0.138 e. The lowest BCUT2D eigenvalue weighted by Crippen LogP contribution is -2.51. The maximum atomic E-state index is 10.2. The van der Waals surface area contributed by atoms with E-state index in [2.05, 4.69) is 10.1 Å². The molecule has 90 valence electrons. The number of nitrogens with zero attached hydrogens (tertiary/aromatic N) is 3. The molecule has 1 saturated carbocycles. The topological polar surface area (TPSA) is 60.2 Å². The lowest BCUT2D eigenvalue weighted by atomic mass is 9.74. The smallest absolute Gasteiger partial charge is 0.138 e. The SMILES string of the molecule is CCn1ncnc1CC(O)C1(OC)CCC1. The minimum atomic E-state index is -0.485. The second-order valence-electron chi connectivity index (χ2n) is 4.33. The highest BCUT2D eigenvalue weighted by Gasteiger charge is 2.44. The molecule has 5 nitrogen and oxygen atoms in total. The Morgan fingerprint density at radius 1 is 1.62 bits per heavy atom. The molecular weight excluding hydrogens is 206 g/mol. The van der Waals surface area contributed by atoms with E-state index >= 15 is 0 Å². The average molecular weight is 225 g/mol. The zero-order valence-corrected chi connectivity index (χ0v) is 9.89. The van der Waals surface area contributed by atoms with Gasteiger partial charge in [0.15, 0.2) is 0 Å². The van der Waals surface area contributed by atoms with E-state index < -0.39 is 6.10 Å². The molecule has 1 aromatic heterocycles. The monoisotopic (exact) mass is 225 g/mol. The fourth-order valence-corrected chi connectivity index (χ4v) is 2.27. The summed E-state index contributed by atoms with van der Waals surface area (Å²) in [7, 11) is 1.67. The Hall–Kier alpha value is -0.940. The molecule has 16 heavy (non-hydrogen) atoms. The van der Waals surface area contributed by atoms with E-state index in [1.165, 1.54) is 6.33 Å². The van der Waals surface area contributed by atoms with E-state index in [1.54, 1.807) is 7.11 Å². The van der Waals surface area contributed by atoms with Crippen LogP contribution in [0, 0.1) is 0 Å². The van der Waals surface area contributed by atoms with Gasteiger partial charge in [-0.2, -0.15) is 5.10 Å². The van der Waals surface area contributed by atoms with Gasteiger partial charge in [-0.15, -0.1) is 0 Å². The van der Waals surface area contributed by atoms with Gasteiger partial charge in [0.05, 0.1) is 11.7 Å². The van der Waals surface area contributed by atoms with Crippen molar-refractivity contribution < 1.29 is 9.84 Å². The predicted molar refractivity (Wildman–Crippen MR) is 59.0 cm³/mol. The molecule has 0 amide bonds. The summed E-state index contributed by atoms with van der Waals surface area (Å²) >= 11 is 0. The van der Waals surface area contributed by atoms with Crippen molar-refractivity contribution in [3.8, 4) is 0 Å². The summed E-state index contributed by atoms with van der Waals surface area (Å²) in [4.78, 5) is 4.17. The van der Waals surface area contributed by atoms with Crippen molar-refractivity contribution in [2.24, 2.45) is 0 Å². The van der Waals surface area contributed by atoms with E-state index in [-0.39, 0.29) is 5.60 Å². The van der Waals surface area contributed by atoms with E-state index in [1.807, 2.05) is 11.6 Å². The highest BCUT2D eigenvalue weighted by molar-refractivity contribution is 5.00. The second kappa shape index (κ2) is 4.51. The highest BCUT2D eigenvalue weighted by Crippen LogP contribution is 2.38. The molecule has 1 fully saturated rings. The van der Waals surface area contributed by atoms with Crippen molar-refractivity contribution in [3.63, 3.8) is 0 Å². The number of methoxy groups -OCH3 is 1. The standard InChI is InChI=1S/C11H19N3O2/c1-3-14-10(12-8-13-14)7-9(15)11(16-2)5-4-6-11/h8-9,15H,3-7H2,1-2H3. The Bertz CT molecular complexity index is 341. The van der Waals surface area contributed by atoms with Crippen molar-refractivity contribution in [2.75, 3.05) is 7.11 Å². The maximum absolute atomic E-state index is 10.2. The largest absolute Gasteiger partial charge is 0.390 e. The summed E-state index contributed by atoms with van der Waals surface area (Å²) in [5, 5.41) is 14.3. The van der Waals surface area contributed by atoms with Gasteiger partial charge in [-0.25, -0.2) is 4.98 Å². The number of hydrogen-bond donors (Lipinski definition) is 1. The van der Waals surface area contributed by atoms with Crippen molar-refractivity contribution in [1.82, 2.24) is 14.8 Å². The van der Waals surface area contributed by atoms with Crippen LogP contribution in [0.25, 0.3) is 0 Å². The molecule has 0 saturated heterocycles. The average Bonchev–Trinajstić information content (AvgIpc) is 2.64. The molecule has 0 spiro atoms. The molecule has 0 aromatic carbocycles. The molecule has 1 unspecified atom stereocenters. The van der Waals surface area contributed by atoms with Gasteiger partial charge in [0.1, 0.15) is 12.2 Å². The third kappa shape index (κ3) is 1.85. The van der Waals surface area contributed by atoms with Gasteiger partial charge in [-0.1, -0.05) is 0 Å². The molecule has 1 N–H and O–H groups in total.